The van der Waals surface area contributed by atoms with Crippen molar-refractivity contribution in [2.75, 3.05) is 20.8 Å². The number of hydrogen-bond acceptors (Lipinski definition) is 6. The van der Waals surface area contributed by atoms with Crippen molar-refractivity contribution in [3.8, 4) is 17.0 Å². The molecule has 0 aliphatic carbocycles. The van der Waals surface area contributed by atoms with Crippen LogP contribution in [0.15, 0.2) is 35.8 Å². The van der Waals surface area contributed by atoms with Crippen LogP contribution in [-0.2, 0) is 9.53 Å². The van der Waals surface area contributed by atoms with E-state index in [4.69, 9.17) is 4.74 Å². The Balaban J connectivity index is 2.00. The summed E-state index contributed by atoms with van der Waals surface area (Å²) < 4.78 is 11.5. The Morgan fingerprint density at radius 1 is 1.25 bits per heavy atom. The molecule has 0 aliphatic rings. The van der Waals surface area contributed by atoms with Gasteiger partial charge in [0.05, 0.1) is 19.9 Å². The number of fused-ring (bicyclic) bond motifs is 1. The molecule has 0 aliphatic heterocycles. The van der Waals surface area contributed by atoms with Gasteiger partial charge in [0.2, 0.25) is 0 Å². The van der Waals surface area contributed by atoms with Gasteiger partial charge >= 0.3 is 5.97 Å². The average molecular weight is 345 g/mol. The highest BCUT2D eigenvalue weighted by atomic mass is 32.1. The SMILES string of the molecule is COC(=O)CNC(=O)c1nc2sccn2c1-c1ccc(OC)cc1. The molecule has 3 aromatic rings. The van der Waals surface area contributed by atoms with Crippen molar-refractivity contribution in [2.24, 2.45) is 0 Å². The maximum absolute atomic E-state index is 12.4. The van der Waals surface area contributed by atoms with E-state index in [1.807, 2.05) is 40.2 Å². The highest BCUT2D eigenvalue weighted by Gasteiger charge is 2.21. The number of hydrogen-bond donors (Lipinski definition) is 1. The summed E-state index contributed by atoms with van der Waals surface area (Å²) in [5.41, 5.74) is 1.75. The van der Waals surface area contributed by atoms with Gasteiger partial charge in [0.1, 0.15) is 12.3 Å². The molecule has 0 unspecified atom stereocenters. The normalized spacial score (nSPS) is 10.6. The van der Waals surface area contributed by atoms with Crippen molar-refractivity contribution in [3.63, 3.8) is 0 Å². The number of benzene rings is 1. The zero-order valence-corrected chi connectivity index (χ0v) is 13.9. The summed E-state index contributed by atoms with van der Waals surface area (Å²) in [5, 5.41) is 4.42. The van der Waals surface area contributed by atoms with Gasteiger partial charge in [-0.05, 0) is 24.3 Å². The molecule has 0 atom stereocenters. The third-order valence-electron chi connectivity index (χ3n) is 3.46. The Morgan fingerprint density at radius 2 is 2.00 bits per heavy atom. The number of amides is 1. The van der Waals surface area contributed by atoms with Crippen LogP contribution in [-0.4, -0.2) is 42.0 Å². The predicted molar refractivity (Wildman–Crippen MR) is 89.4 cm³/mol. The van der Waals surface area contributed by atoms with Crippen LogP contribution in [0, 0.1) is 0 Å². The van der Waals surface area contributed by atoms with Crippen LogP contribution in [0.25, 0.3) is 16.2 Å². The molecule has 1 N–H and O–H groups in total. The average Bonchev–Trinajstić information content (AvgIpc) is 3.20. The predicted octanol–water partition coefficient (Wildman–Crippen LogP) is 1.97. The van der Waals surface area contributed by atoms with Gasteiger partial charge in [-0.15, -0.1) is 11.3 Å². The molecule has 0 saturated heterocycles. The summed E-state index contributed by atoms with van der Waals surface area (Å²) >= 11 is 1.43. The van der Waals surface area contributed by atoms with E-state index in [9.17, 15) is 9.59 Å². The van der Waals surface area contributed by atoms with E-state index in [1.54, 1.807) is 7.11 Å². The number of methoxy groups -OCH3 is 2. The van der Waals surface area contributed by atoms with E-state index >= 15 is 0 Å². The summed E-state index contributed by atoms with van der Waals surface area (Å²) in [4.78, 5) is 28.7. The minimum absolute atomic E-state index is 0.206. The zero-order valence-electron chi connectivity index (χ0n) is 13.1. The van der Waals surface area contributed by atoms with E-state index in [0.717, 1.165) is 11.3 Å². The summed E-state index contributed by atoms with van der Waals surface area (Å²) in [5.74, 6) is -0.223. The van der Waals surface area contributed by atoms with Gasteiger partial charge < -0.3 is 14.8 Å². The number of nitrogens with one attached hydrogen (secondary N) is 1. The molecule has 7 nitrogen and oxygen atoms in total. The Bertz CT molecular complexity index is 883. The van der Waals surface area contributed by atoms with Crippen molar-refractivity contribution < 1.29 is 19.1 Å². The standard InChI is InChI=1S/C16H15N3O4S/c1-22-11-5-3-10(4-6-11)14-13(15(21)17-9-12(20)23-2)18-16-19(14)7-8-24-16/h3-8H,9H2,1-2H3,(H,17,21). The summed E-state index contributed by atoms with van der Waals surface area (Å²) in [7, 11) is 2.86. The summed E-state index contributed by atoms with van der Waals surface area (Å²) in [6.07, 6.45) is 1.85. The van der Waals surface area contributed by atoms with Gasteiger partial charge in [-0.25, -0.2) is 4.98 Å². The molecule has 0 bridgehead atoms. The quantitative estimate of drug-likeness (QED) is 0.715. The number of esters is 1. The monoisotopic (exact) mass is 345 g/mol. The molecular weight excluding hydrogens is 330 g/mol. The molecule has 24 heavy (non-hydrogen) atoms. The number of nitrogens with zero attached hydrogens (tertiary/aromatic N) is 2. The molecule has 0 radical (unpaired) electrons. The second-order valence-corrected chi connectivity index (χ2v) is 5.72. The van der Waals surface area contributed by atoms with Gasteiger partial charge in [0.15, 0.2) is 10.7 Å². The first-order valence-electron chi connectivity index (χ1n) is 7.09. The minimum Gasteiger partial charge on any atom is -0.497 e. The van der Waals surface area contributed by atoms with Gasteiger partial charge in [-0.1, -0.05) is 0 Å². The highest BCUT2D eigenvalue weighted by molar-refractivity contribution is 7.15. The first-order chi connectivity index (χ1) is 11.6. The lowest BCUT2D eigenvalue weighted by atomic mass is 10.1. The Kier molecular flexibility index (Phi) is 4.48. The van der Waals surface area contributed by atoms with Crippen molar-refractivity contribution in [2.45, 2.75) is 0 Å². The second kappa shape index (κ2) is 6.71. The molecule has 124 valence electrons. The first kappa shape index (κ1) is 16.0. The molecule has 2 heterocycles. The van der Waals surface area contributed by atoms with E-state index < -0.39 is 11.9 Å². The van der Waals surface area contributed by atoms with Crippen molar-refractivity contribution in [1.82, 2.24) is 14.7 Å². The van der Waals surface area contributed by atoms with Crippen LogP contribution < -0.4 is 10.1 Å². The molecule has 0 spiro atoms. The zero-order chi connectivity index (χ0) is 17.1. The van der Waals surface area contributed by atoms with Crippen molar-refractivity contribution in [1.29, 1.82) is 0 Å². The molecule has 8 heteroatoms. The molecule has 3 rings (SSSR count). The molecule has 0 fully saturated rings. The number of rotatable bonds is 5. The number of ether oxygens (including phenoxy) is 2. The minimum atomic E-state index is -0.518. The first-order valence-corrected chi connectivity index (χ1v) is 7.97. The van der Waals surface area contributed by atoms with E-state index in [2.05, 4.69) is 15.0 Å². The lowest BCUT2D eigenvalue weighted by molar-refractivity contribution is -0.139. The van der Waals surface area contributed by atoms with Gasteiger partial charge in [0.25, 0.3) is 5.91 Å². The third-order valence-corrected chi connectivity index (χ3v) is 4.22. The number of thiazole rings is 1. The molecule has 1 amide bonds. The van der Waals surface area contributed by atoms with Gasteiger partial charge in [0, 0.05) is 17.1 Å². The maximum Gasteiger partial charge on any atom is 0.325 e. The van der Waals surface area contributed by atoms with E-state index in [-0.39, 0.29) is 12.2 Å². The molecule has 1 aromatic carbocycles. The molecule has 2 aromatic heterocycles. The van der Waals surface area contributed by atoms with Crippen LogP contribution in [0.4, 0.5) is 0 Å². The van der Waals surface area contributed by atoms with Crippen LogP contribution in [0.5, 0.6) is 5.75 Å². The highest BCUT2D eigenvalue weighted by Crippen LogP contribution is 2.28. The van der Waals surface area contributed by atoms with Crippen molar-refractivity contribution >= 4 is 28.2 Å². The van der Waals surface area contributed by atoms with Gasteiger partial charge in [-0.3, -0.25) is 14.0 Å². The lowest BCUT2D eigenvalue weighted by Crippen LogP contribution is -2.30. The number of carbonyl (C=O) groups excluding carboxylic acids is 2. The number of imidazole rings is 1. The Labute approximate surface area is 141 Å². The van der Waals surface area contributed by atoms with Crippen LogP contribution in [0.2, 0.25) is 0 Å². The van der Waals surface area contributed by atoms with Crippen LogP contribution >= 0.6 is 11.3 Å². The van der Waals surface area contributed by atoms with Crippen LogP contribution in [0.1, 0.15) is 10.5 Å². The molecular formula is C16H15N3O4S. The fourth-order valence-electron chi connectivity index (χ4n) is 2.28. The molecule has 0 saturated carbocycles. The largest absolute Gasteiger partial charge is 0.497 e. The third kappa shape index (κ3) is 2.95. The number of aromatic nitrogens is 2. The fourth-order valence-corrected chi connectivity index (χ4v) is 2.99. The van der Waals surface area contributed by atoms with Gasteiger partial charge in [-0.2, -0.15) is 0 Å². The van der Waals surface area contributed by atoms with E-state index in [0.29, 0.717) is 10.7 Å². The Morgan fingerprint density at radius 3 is 2.67 bits per heavy atom. The number of carbonyl (C=O) groups is 2. The van der Waals surface area contributed by atoms with Crippen LogP contribution in [0.3, 0.4) is 0 Å². The smallest absolute Gasteiger partial charge is 0.325 e. The fraction of sp³-hybridized carbons (Fsp3) is 0.188. The van der Waals surface area contributed by atoms with E-state index in [1.165, 1.54) is 18.4 Å². The summed E-state index contributed by atoms with van der Waals surface area (Å²) in [6.45, 7) is -0.206. The Hall–Kier alpha value is -2.87. The van der Waals surface area contributed by atoms with Crippen molar-refractivity contribution in [3.05, 3.63) is 41.5 Å². The topological polar surface area (TPSA) is 81.9 Å². The lowest BCUT2D eigenvalue weighted by Gasteiger charge is -2.06. The second-order valence-electron chi connectivity index (χ2n) is 4.85. The maximum atomic E-state index is 12.4. The summed E-state index contributed by atoms with van der Waals surface area (Å²) in [6, 6.07) is 7.35.